The molecule has 1 atom stereocenters. The Bertz CT molecular complexity index is 421. The fourth-order valence-corrected chi connectivity index (χ4v) is 2.59. The van der Waals surface area contributed by atoms with Gasteiger partial charge in [-0.2, -0.15) is 0 Å². The second-order valence-corrected chi connectivity index (χ2v) is 5.57. The van der Waals surface area contributed by atoms with Gasteiger partial charge in [0.25, 0.3) is 0 Å². The maximum Gasteiger partial charge on any atom is 0.127 e. The molecule has 0 radical (unpaired) electrons. The van der Waals surface area contributed by atoms with Crippen LogP contribution in [0.5, 0.6) is 0 Å². The van der Waals surface area contributed by atoms with E-state index >= 15 is 0 Å². The summed E-state index contributed by atoms with van der Waals surface area (Å²) in [6.45, 7) is 6.60. The Morgan fingerprint density at radius 2 is 2.16 bits per heavy atom. The van der Waals surface area contributed by atoms with Crippen molar-refractivity contribution in [3.05, 3.63) is 35.4 Å². The summed E-state index contributed by atoms with van der Waals surface area (Å²) < 4.78 is 26.8. The summed E-state index contributed by atoms with van der Waals surface area (Å²) in [5.41, 5.74) is 0.455. The summed E-state index contributed by atoms with van der Waals surface area (Å²) in [5.74, 6) is -0.684. The third-order valence-electron chi connectivity index (χ3n) is 3.64. The van der Waals surface area contributed by atoms with Gasteiger partial charge in [-0.05, 0) is 37.6 Å². The molecule has 1 N–H and O–H groups in total. The number of rotatable bonds is 5. The normalized spacial score (nSPS) is 20.4. The van der Waals surface area contributed by atoms with E-state index in [9.17, 15) is 8.78 Å². The van der Waals surface area contributed by atoms with Gasteiger partial charge in [0.2, 0.25) is 0 Å². The van der Waals surface area contributed by atoms with Crippen LogP contribution in [0.15, 0.2) is 18.2 Å². The number of benzene rings is 1. The first kappa shape index (κ1) is 14.4. The number of hydrogen-bond donors (Lipinski definition) is 1. The SMILES string of the molecule is CC(C)NCC1CCCN1Cc1cc(F)ccc1F. The molecule has 106 valence electrons. The van der Waals surface area contributed by atoms with Crippen molar-refractivity contribution in [1.82, 2.24) is 10.2 Å². The third kappa shape index (κ3) is 3.98. The van der Waals surface area contributed by atoms with E-state index in [0.717, 1.165) is 25.9 Å². The Labute approximate surface area is 113 Å². The summed E-state index contributed by atoms with van der Waals surface area (Å²) in [6, 6.07) is 4.56. The Morgan fingerprint density at radius 3 is 2.89 bits per heavy atom. The number of hydrogen-bond acceptors (Lipinski definition) is 2. The van der Waals surface area contributed by atoms with Crippen molar-refractivity contribution in [2.75, 3.05) is 13.1 Å². The molecule has 1 fully saturated rings. The van der Waals surface area contributed by atoms with Crippen LogP contribution in [0.3, 0.4) is 0 Å². The zero-order valence-corrected chi connectivity index (χ0v) is 11.6. The topological polar surface area (TPSA) is 15.3 Å². The predicted octanol–water partition coefficient (Wildman–Crippen LogP) is 2.93. The van der Waals surface area contributed by atoms with Crippen LogP contribution in [-0.2, 0) is 6.54 Å². The molecule has 1 aliphatic heterocycles. The minimum Gasteiger partial charge on any atom is -0.313 e. The largest absolute Gasteiger partial charge is 0.313 e. The number of halogens is 2. The number of nitrogens with zero attached hydrogens (tertiary/aromatic N) is 1. The first-order chi connectivity index (χ1) is 9.06. The molecule has 1 unspecified atom stereocenters. The summed E-state index contributed by atoms with van der Waals surface area (Å²) in [4.78, 5) is 2.24. The molecule has 0 aromatic heterocycles. The fourth-order valence-electron chi connectivity index (χ4n) is 2.59. The maximum absolute atomic E-state index is 13.7. The molecule has 0 spiro atoms. The highest BCUT2D eigenvalue weighted by Gasteiger charge is 2.25. The number of likely N-dealkylation sites (tertiary alicyclic amines) is 1. The van der Waals surface area contributed by atoms with Gasteiger partial charge >= 0.3 is 0 Å². The zero-order chi connectivity index (χ0) is 13.8. The predicted molar refractivity (Wildman–Crippen MR) is 72.9 cm³/mol. The molecule has 0 saturated carbocycles. The van der Waals surface area contributed by atoms with E-state index in [1.807, 2.05) is 0 Å². The molecule has 19 heavy (non-hydrogen) atoms. The second-order valence-electron chi connectivity index (χ2n) is 5.57. The van der Waals surface area contributed by atoms with E-state index in [0.29, 0.717) is 24.2 Å². The highest BCUT2D eigenvalue weighted by molar-refractivity contribution is 5.19. The first-order valence-corrected chi connectivity index (χ1v) is 6.97. The molecule has 1 saturated heterocycles. The van der Waals surface area contributed by atoms with E-state index in [1.54, 1.807) is 0 Å². The molecule has 1 aromatic rings. The molecule has 0 aliphatic carbocycles. The first-order valence-electron chi connectivity index (χ1n) is 6.97. The van der Waals surface area contributed by atoms with Crippen LogP contribution in [0, 0.1) is 11.6 Å². The smallest absolute Gasteiger partial charge is 0.127 e. The number of nitrogens with one attached hydrogen (secondary N) is 1. The fraction of sp³-hybridized carbons (Fsp3) is 0.600. The standard InChI is InChI=1S/C15H22F2N2/c1-11(2)18-9-14-4-3-7-19(14)10-12-8-13(16)5-6-15(12)17/h5-6,8,11,14,18H,3-4,7,9-10H2,1-2H3. The average Bonchev–Trinajstić information content (AvgIpc) is 2.79. The van der Waals surface area contributed by atoms with Crippen molar-refractivity contribution in [3.8, 4) is 0 Å². The quantitative estimate of drug-likeness (QED) is 0.883. The van der Waals surface area contributed by atoms with Gasteiger partial charge in [-0.3, -0.25) is 4.90 Å². The van der Waals surface area contributed by atoms with Gasteiger partial charge in [-0.25, -0.2) is 8.78 Å². The lowest BCUT2D eigenvalue weighted by molar-refractivity contribution is 0.232. The summed E-state index contributed by atoms with van der Waals surface area (Å²) in [7, 11) is 0. The van der Waals surface area contributed by atoms with Crippen LogP contribution >= 0.6 is 0 Å². The lowest BCUT2D eigenvalue weighted by atomic mass is 10.1. The summed E-state index contributed by atoms with van der Waals surface area (Å²) in [5, 5.41) is 3.42. The molecule has 2 rings (SSSR count). The van der Waals surface area contributed by atoms with Gasteiger partial charge in [0.05, 0.1) is 0 Å². The van der Waals surface area contributed by atoms with Gasteiger partial charge in [0.15, 0.2) is 0 Å². The Kier molecular flexibility index (Phi) is 4.88. The monoisotopic (exact) mass is 268 g/mol. The zero-order valence-electron chi connectivity index (χ0n) is 11.6. The van der Waals surface area contributed by atoms with Crippen molar-refractivity contribution in [2.45, 2.75) is 45.3 Å². The van der Waals surface area contributed by atoms with Gasteiger partial charge in [0, 0.05) is 30.7 Å². The summed E-state index contributed by atoms with van der Waals surface area (Å²) >= 11 is 0. The van der Waals surface area contributed by atoms with Gasteiger partial charge in [0.1, 0.15) is 11.6 Å². The van der Waals surface area contributed by atoms with Crippen molar-refractivity contribution in [2.24, 2.45) is 0 Å². The lowest BCUT2D eigenvalue weighted by Gasteiger charge is -2.25. The van der Waals surface area contributed by atoms with Crippen molar-refractivity contribution >= 4 is 0 Å². The molecule has 1 heterocycles. The van der Waals surface area contributed by atoms with Crippen molar-refractivity contribution < 1.29 is 8.78 Å². The molecule has 0 bridgehead atoms. The molecule has 0 amide bonds. The average molecular weight is 268 g/mol. The lowest BCUT2D eigenvalue weighted by Crippen LogP contribution is -2.39. The third-order valence-corrected chi connectivity index (χ3v) is 3.64. The highest BCUT2D eigenvalue weighted by Crippen LogP contribution is 2.21. The minimum atomic E-state index is -0.368. The molecule has 2 nitrogen and oxygen atoms in total. The van der Waals surface area contributed by atoms with E-state index in [2.05, 4.69) is 24.1 Å². The van der Waals surface area contributed by atoms with Gasteiger partial charge in [-0.15, -0.1) is 0 Å². The molecule has 1 aromatic carbocycles. The van der Waals surface area contributed by atoms with Crippen LogP contribution in [0.2, 0.25) is 0 Å². The van der Waals surface area contributed by atoms with E-state index in [4.69, 9.17) is 0 Å². The van der Waals surface area contributed by atoms with Crippen LogP contribution in [0.1, 0.15) is 32.3 Å². The Hall–Kier alpha value is -1.00. The van der Waals surface area contributed by atoms with Crippen molar-refractivity contribution in [3.63, 3.8) is 0 Å². The van der Waals surface area contributed by atoms with Crippen LogP contribution in [0.4, 0.5) is 8.78 Å². The Morgan fingerprint density at radius 1 is 1.37 bits per heavy atom. The molecule has 4 heteroatoms. The second kappa shape index (κ2) is 6.44. The van der Waals surface area contributed by atoms with E-state index < -0.39 is 0 Å². The highest BCUT2D eigenvalue weighted by atomic mass is 19.1. The molecular formula is C15H22F2N2. The maximum atomic E-state index is 13.7. The van der Waals surface area contributed by atoms with Crippen LogP contribution < -0.4 is 5.32 Å². The van der Waals surface area contributed by atoms with E-state index in [1.165, 1.54) is 18.2 Å². The molecule has 1 aliphatic rings. The summed E-state index contributed by atoms with van der Waals surface area (Å²) in [6.07, 6.45) is 2.25. The van der Waals surface area contributed by atoms with Crippen LogP contribution in [0.25, 0.3) is 0 Å². The van der Waals surface area contributed by atoms with Gasteiger partial charge < -0.3 is 5.32 Å². The van der Waals surface area contributed by atoms with Gasteiger partial charge in [-0.1, -0.05) is 13.8 Å². The Balaban J connectivity index is 1.98. The van der Waals surface area contributed by atoms with Crippen LogP contribution in [-0.4, -0.2) is 30.1 Å². The minimum absolute atomic E-state index is 0.316. The van der Waals surface area contributed by atoms with E-state index in [-0.39, 0.29) is 11.6 Å². The molecular weight excluding hydrogens is 246 g/mol. The van der Waals surface area contributed by atoms with Crippen molar-refractivity contribution in [1.29, 1.82) is 0 Å².